The van der Waals surface area contributed by atoms with Crippen molar-refractivity contribution in [2.45, 2.75) is 11.8 Å². The number of halogens is 1. The van der Waals surface area contributed by atoms with Gasteiger partial charge in [-0.15, -0.1) is 0 Å². The van der Waals surface area contributed by atoms with Crippen LogP contribution < -0.4 is 0 Å². The zero-order valence-electron chi connectivity index (χ0n) is 12.8. The number of H-pyrrole nitrogens is 1. The lowest BCUT2D eigenvalue weighted by Gasteiger charge is -2.06. The van der Waals surface area contributed by atoms with E-state index in [0.717, 1.165) is 28.1 Å². The van der Waals surface area contributed by atoms with Gasteiger partial charge in [-0.2, -0.15) is 0 Å². The minimum Gasteiger partial charge on any atom is -0.358 e. The maximum atomic E-state index is 13.5. The number of sulfone groups is 1. The molecule has 0 saturated heterocycles. The Labute approximate surface area is 134 Å². The van der Waals surface area contributed by atoms with E-state index in [4.69, 9.17) is 0 Å². The van der Waals surface area contributed by atoms with Crippen molar-refractivity contribution in [1.29, 1.82) is 0 Å². The van der Waals surface area contributed by atoms with E-state index in [1.54, 1.807) is 30.3 Å². The maximum absolute atomic E-state index is 13.5. The summed E-state index contributed by atoms with van der Waals surface area (Å²) in [4.78, 5) is 3.54. The minimum atomic E-state index is -3.22. The smallest absolute Gasteiger partial charge is 0.175 e. The molecule has 1 heterocycles. The molecule has 0 radical (unpaired) electrons. The Morgan fingerprint density at radius 3 is 2.26 bits per heavy atom. The summed E-state index contributed by atoms with van der Waals surface area (Å²) < 4.78 is 36.6. The maximum Gasteiger partial charge on any atom is 0.175 e. The zero-order valence-corrected chi connectivity index (χ0v) is 13.6. The monoisotopic (exact) mass is 329 g/mol. The molecular formula is C18H16FNO2S. The molecule has 3 nitrogen and oxygen atoms in total. The summed E-state index contributed by atoms with van der Waals surface area (Å²) in [6.07, 6.45) is 1.18. The Kier molecular flexibility index (Phi) is 3.82. The van der Waals surface area contributed by atoms with Crippen LogP contribution in [0, 0.1) is 12.7 Å². The highest BCUT2D eigenvalue weighted by Crippen LogP contribution is 2.33. The van der Waals surface area contributed by atoms with Crippen LogP contribution >= 0.6 is 0 Å². The molecule has 0 unspecified atom stereocenters. The van der Waals surface area contributed by atoms with Gasteiger partial charge in [0.2, 0.25) is 0 Å². The topological polar surface area (TPSA) is 49.9 Å². The number of nitrogens with one attached hydrogen (secondary N) is 1. The number of benzene rings is 2. The third kappa shape index (κ3) is 3.19. The second kappa shape index (κ2) is 5.66. The average Bonchev–Trinajstić information content (AvgIpc) is 2.88. The molecule has 5 heteroatoms. The highest BCUT2D eigenvalue weighted by atomic mass is 32.2. The molecular weight excluding hydrogens is 313 g/mol. The first-order valence-corrected chi connectivity index (χ1v) is 9.00. The van der Waals surface area contributed by atoms with Gasteiger partial charge >= 0.3 is 0 Å². The van der Waals surface area contributed by atoms with Crippen LogP contribution in [0.1, 0.15) is 5.69 Å². The molecule has 23 heavy (non-hydrogen) atoms. The Morgan fingerprint density at radius 2 is 1.65 bits per heavy atom. The van der Waals surface area contributed by atoms with Gasteiger partial charge in [0, 0.05) is 17.5 Å². The lowest BCUT2D eigenvalue weighted by atomic mass is 10.0. The van der Waals surface area contributed by atoms with E-state index in [2.05, 4.69) is 4.98 Å². The summed E-state index contributed by atoms with van der Waals surface area (Å²) >= 11 is 0. The summed E-state index contributed by atoms with van der Waals surface area (Å²) in [7, 11) is -3.22. The van der Waals surface area contributed by atoms with Crippen molar-refractivity contribution in [2.75, 3.05) is 6.26 Å². The van der Waals surface area contributed by atoms with Crippen LogP contribution in [0.2, 0.25) is 0 Å². The van der Waals surface area contributed by atoms with Gasteiger partial charge in [0.05, 0.1) is 10.6 Å². The van der Waals surface area contributed by atoms with Gasteiger partial charge < -0.3 is 4.98 Å². The fraction of sp³-hybridized carbons (Fsp3) is 0.111. The highest BCUT2D eigenvalue weighted by molar-refractivity contribution is 7.90. The minimum absolute atomic E-state index is 0.275. The number of hydrogen-bond donors (Lipinski definition) is 1. The molecule has 3 rings (SSSR count). The van der Waals surface area contributed by atoms with Gasteiger partial charge in [-0.1, -0.05) is 24.3 Å². The van der Waals surface area contributed by atoms with E-state index in [0.29, 0.717) is 0 Å². The number of aryl methyl sites for hydroxylation is 1. The first-order valence-electron chi connectivity index (χ1n) is 7.10. The lowest BCUT2D eigenvalue weighted by molar-refractivity contribution is 0.602. The van der Waals surface area contributed by atoms with Gasteiger partial charge in [0.15, 0.2) is 9.84 Å². The molecule has 0 saturated carbocycles. The Balaban J connectivity index is 2.11. The molecule has 0 aliphatic rings. The first-order chi connectivity index (χ1) is 10.8. The van der Waals surface area contributed by atoms with E-state index < -0.39 is 9.84 Å². The largest absolute Gasteiger partial charge is 0.358 e. The van der Waals surface area contributed by atoms with E-state index >= 15 is 0 Å². The van der Waals surface area contributed by atoms with Gasteiger partial charge in [-0.05, 0) is 48.4 Å². The highest BCUT2D eigenvalue weighted by Gasteiger charge is 2.13. The summed E-state index contributed by atoms with van der Waals surface area (Å²) in [5, 5.41) is 0. The van der Waals surface area contributed by atoms with Gasteiger partial charge in [-0.25, -0.2) is 12.8 Å². The molecule has 1 aromatic heterocycles. The molecule has 0 amide bonds. The van der Waals surface area contributed by atoms with E-state index in [1.165, 1.54) is 18.4 Å². The Morgan fingerprint density at radius 1 is 0.957 bits per heavy atom. The zero-order chi connectivity index (χ0) is 16.6. The van der Waals surface area contributed by atoms with Crippen LogP contribution in [0.5, 0.6) is 0 Å². The number of aromatic amines is 1. The quantitative estimate of drug-likeness (QED) is 0.783. The molecule has 3 aromatic rings. The van der Waals surface area contributed by atoms with Crippen molar-refractivity contribution >= 4 is 9.84 Å². The predicted octanol–water partition coefficient (Wildman–Crippen LogP) is 4.20. The third-order valence-corrected chi connectivity index (χ3v) is 4.79. The fourth-order valence-electron chi connectivity index (χ4n) is 2.57. The van der Waals surface area contributed by atoms with Crippen LogP contribution in [0.4, 0.5) is 4.39 Å². The number of rotatable bonds is 3. The van der Waals surface area contributed by atoms with E-state index in [-0.39, 0.29) is 10.7 Å². The standard InChI is InChI=1S/C18H16FNO2S/c1-12-10-17(14-4-3-5-15(19)11-14)18(20-12)13-6-8-16(9-7-13)23(2,21)22/h3-11,20H,1-2H3. The van der Waals surface area contributed by atoms with E-state index in [1.807, 2.05) is 19.1 Å². The number of aromatic nitrogens is 1. The molecule has 0 spiro atoms. The average molecular weight is 329 g/mol. The van der Waals surface area contributed by atoms with Gasteiger partial charge in [-0.3, -0.25) is 0 Å². The second-order valence-corrected chi connectivity index (χ2v) is 7.56. The molecule has 0 bridgehead atoms. The van der Waals surface area contributed by atoms with Crippen molar-refractivity contribution in [2.24, 2.45) is 0 Å². The Bertz CT molecular complexity index is 957. The SMILES string of the molecule is Cc1cc(-c2cccc(F)c2)c(-c2ccc(S(C)(=O)=O)cc2)[nH]1. The van der Waals surface area contributed by atoms with Crippen LogP contribution in [0.3, 0.4) is 0 Å². The molecule has 0 aliphatic heterocycles. The lowest BCUT2D eigenvalue weighted by Crippen LogP contribution is -1.96. The van der Waals surface area contributed by atoms with Crippen molar-refractivity contribution in [3.63, 3.8) is 0 Å². The Hall–Kier alpha value is -2.40. The third-order valence-electron chi connectivity index (χ3n) is 3.66. The molecule has 118 valence electrons. The second-order valence-electron chi connectivity index (χ2n) is 5.55. The van der Waals surface area contributed by atoms with Crippen molar-refractivity contribution in [1.82, 2.24) is 4.98 Å². The number of hydrogen-bond acceptors (Lipinski definition) is 2. The van der Waals surface area contributed by atoms with Crippen molar-refractivity contribution in [3.05, 3.63) is 66.1 Å². The van der Waals surface area contributed by atoms with Gasteiger partial charge in [0.1, 0.15) is 5.82 Å². The van der Waals surface area contributed by atoms with Crippen molar-refractivity contribution in [3.8, 4) is 22.4 Å². The summed E-state index contributed by atoms with van der Waals surface area (Å²) in [6, 6.07) is 15.0. The molecule has 0 aliphatic carbocycles. The van der Waals surface area contributed by atoms with E-state index in [9.17, 15) is 12.8 Å². The molecule has 2 aromatic carbocycles. The summed E-state index contributed by atoms with van der Waals surface area (Å²) in [5.41, 5.74) is 4.30. The molecule has 0 fully saturated rings. The van der Waals surface area contributed by atoms with Gasteiger partial charge in [0.25, 0.3) is 0 Å². The normalized spacial score (nSPS) is 11.6. The van der Waals surface area contributed by atoms with Crippen molar-refractivity contribution < 1.29 is 12.8 Å². The first kappa shape index (κ1) is 15.5. The van der Waals surface area contributed by atoms with Crippen LogP contribution in [-0.2, 0) is 9.84 Å². The molecule has 0 atom stereocenters. The van der Waals surface area contributed by atoms with Crippen LogP contribution in [-0.4, -0.2) is 19.7 Å². The fourth-order valence-corrected chi connectivity index (χ4v) is 3.20. The summed E-state index contributed by atoms with van der Waals surface area (Å²) in [6.45, 7) is 1.93. The summed E-state index contributed by atoms with van der Waals surface area (Å²) in [5.74, 6) is -0.292. The predicted molar refractivity (Wildman–Crippen MR) is 89.5 cm³/mol. The molecule has 1 N–H and O–H groups in total. The van der Waals surface area contributed by atoms with Crippen LogP contribution in [0.25, 0.3) is 22.4 Å². The van der Waals surface area contributed by atoms with Crippen LogP contribution in [0.15, 0.2) is 59.5 Å².